The van der Waals surface area contributed by atoms with Crippen molar-refractivity contribution in [2.24, 2.45) is 5.92 Å². The van der Waals surface area contributed by atoms with E-state index in [9.17, 15) is 4.79 Å². The predicted octanol–water partition coefficient (Wildman–Crippen LogP) is 6.27. The summed E-state index contributed by atoms with van der Waals surface area (Å²) in [4.78, 5) is 20.3. The Morgan fingerprint density at radius 1 is 1.25 bits per heavy atom. The van der Waals surface area contributed by atoms with Gasteiger partial charge in [0.05, 0.1) is 17.9 Å². The maximum atomic E-state index is 12.4. The predicted molar refractivity (Wildman–Crippen MR) is 112 cm³/mol. The summed E-state index contributed by atoms with van der Waals surface area (Å²) >= 11 is 5.98. The van der Waals surface area contributed by atoms with Crippen LogP contribution in [0.4, 0.5) is 4.79 Å². The molecule has 1 heterocycles. The molecule has 0 spiro atoms. The monoisotopic (exact) mass is 403 g/mol. The second-order valence-corrected chi connectivity index (χ2v) is 9.07. The Hall–Kier alpha value is -2.01. The number of nitrogens with zero attached hydrogens (tertiary/aromatic N) is 1. The van der Waals surface area contributed by atoms with Crippen LogP contribution in [0, 0.1) is 5.92 Å². The maximum Gasteiger partial charge on any atom is 0.408 e. The Kier molecular flexibility index (Phi) is 6.65. The van der Waals surface area contributed by atoms with Crippen LogP contribution in [0.2, 0.25) is 5.02 Å². The third-order valence-corrected chi connectivity index (χ3v) is 5.33. The van der Waals surface area contributed by atoms with Gasteiger partial charge in [-0.1, -0.05) is 43.7 Å². The molecule has 1 aliphatic carbocycles. The Balaban J connectivity index is 1.77. The van der Waals surface area contributed by atoms with Gasteiger partial charge in [-0.15, -0.1) is 0 Å². The second-order valence-electron chi connectivity index (χ2n) is 8.63. The molecule has 6 heteroatoms. The van der Waals surface area contributed by atoms with E-state index >= 15 is 0 Å². The molecule has 152 valence electrons. The fourth-order valence-electron chi connectivity index (χ4n) is 3.74. The van der Waals surface area contributed by atoms with Crippen molar-refractivity contribution < 1.29 is 9.53 Å². The number of rotatable bonds is 5. The molecule has 0 radical (unpaired) electrons. The summed E-state index contributed by atoms with van der Waals surface area (Å²) in [5.74, 6) is 1.38. The minimum absolute atomic E-state index is 0.147. The van der Waals surface area contributed by atoms with E-state index in [2.05, 4.69) is 15.3 Å². The van der Waals surface area contributed by atoms with Crippen molar-refractivity contribution in [1.82, 2.24) is 15.3 Å². The lowest BCUT2D eigenvalue weighted by molar-refractivity contribution is 0.0493. The van der Waals surface area contributed by atoms with Gasteiger partial charge in [0.1, 0.15) is 11.4 Å². The second kappa shape index (κ2) is 8.99. The number of nitrogens with one attached hydrogen (secondary N) is 2. The number of ether oxygens (including phenoxy) is 1. The number of amides is 1. The Labute approximate surface area is 172 Å². The lowest BCUT2D eigenvalue weighted by atomic mass is 9.84. The van der Waals surface area contributed by atoms with Crippen LogP contribution in [-0.4, -0.2) is 21.7 Å². The third-order valence-electron chi connectivity index (χ3n) is 5.07. The van der Waals surface area contributed by atoms with Crippen LogP contribution in [-0.2, 0) is 4.74 Å². The number of hydrogen-bond donors (Lipinski definition) is 2. The Morgan fingerprint density at radius 2 is 1.93 bits per heavy atom. The van der Waals surface area contributed by atoms with Crippen LogP contribution in [0.1, 0.15) is 71.0 Å². The van der Waals surface area contributed by atoms with Gasteiger partial charge in [0.15, 0.2) is 0 Å². The first-order valence-corrected chi connectivity index (χ1v) is 10.5. The standard InChI is InChI=1S/C22H30ClN3O2/c1-22(2,3)28-21(27)26-18(13-15-7-5-4-6-8-15)19-14-24-20(25-19)16-9-11-17(23)12-10-16/h9-12,14-15,18H,4-8,13H2,1-3H3,(H,24,25)(H,26,27). The molecular weight excluding hydrogens is 374 g/mol. The number of benzene rings is 1. The summed E-state index contributed by atoms with van der Waals surface area (Å²) < 4.78 is 5.48. The van der Waals surface area contributed by atoms with Gasteiger partial charge in [-0.2, -0.15) is 0 Å². The van der Waals surface area contributed by atoms with Crippen LogP contribution in [0.25, 0.3) is 11.4 Å². The zero-order chi connectivity index (χ0) is 20.1. The van der Waals surface area contributed by atoms with E-state index in [-0.39, 0.29) is 6.04 Å². The molecular formula is C22H30ClN3O2. The number of carbonyl (C=O) groups is 1. The van der Waals surface area contributed by atoms with Crippen LogP contribution in [0.5, 0.6) is 0 Å². The number of aromatic nitrogens is 2. The van der Waals surface area contributed by atoms with E-state index in [1.54, 1.807) is 0 Å². The van der Waals surface area contributed by atoms with Crippen LogP contribution >= 0.6 is 11.6 Å². The minimum atomic E-state index is -0.526. The van der Waals surface area contributed by atoms with Crippen molar-refractivity contribution >= 4 is 17.7 Å². The summed E-state index contributed by atoms with van der Waals surface area (Å²) in [5, 5.41) is 3.75. The third kappa shape index (κ3) is 5.99. The highest BCUT2D eigenvalue weighted by Gasteiger charge is 2.25. The molecule has 0 bridgehead atoms. The first-order chi connectivity index (χ1) is 13.3. The molecule has 1 fully saturated rings. The molecule has 5 nitrogen and oxygen atoms in total. The van der Waals surface area contributed by atoms with Gasteiger partial charge in [0, 0.05) is 10.6 Å². The number of halogens is 1. The van der Waals surface area contributed by atoms with Crippen molar-refractivity contribution in [3.8, 4) is 11.4 Å². The topological polar surface area (TPSA) is 67.0 Å². The molecule has 1 aromatic heterocycles. The van der Waals surface area contributed by atoms with Gasteiger partial charge < -0.3 is 15.0 Å². The van der Waals surface area contributed by atoms with Crippen LogP contribution in [0.3, 0.4) is 0 Å². The number of alkyl carbamates (subject to hydrolysis) is 1. The number of hydrogen-bond acceptors (Lipinski definition) is 3. The average molecular weight is 404 g/mol. The SMILES string of the molecule is CC(C)(C)OC(=O)NC(CC1CCCCC1)c1cnc(-c2ccc(Cl)cc2)[nH]1. The Bertz CT molecular complexity index is 774. The largest absolute Gasteiger partial charge is 0.444 e. The molecule has 0 aliphatic heterocycles. The Morgan fingerprint density at radius 3 is 2.57 bits per heavy atom. The number of H-pyrrole nitrogens is 1. The van der Waals surface area contributed by atoms with Crippen molar-refractivity contribution in [1.29, 1.82) is 0 Å². The highest BCUT2D eigenvalue weighted by Crippen LogP contribution is 2.32. The molecule has 2 N–H and O–H groups in total. The van der Waals surface area contributed by atoms with Gasteiger partial charge in [-0.3, -0.25) is 0 Å². The summed E-state index contributed by atoms with van der Waals surface area (Å²) in [5.41, 5.74) is 1.34. The number of imidazole rings is 1. The first-order valence-electron chi connectivity index (χ1n) is 10.1. The van der Waals surface area contributed by atoms with Gasteiger partial charge >= 0.3 is 6.09 Å². The molecule has 1 unspecified atom stereocenters. The minimum Gasteiger partial charge on any atom is -0.444 e. The highest BCUT2D eigenvalue weighted by atomic mass is 35.5. The lowest BCUT2D eigenvalue weighted by Gasteiger charge is -2.28. The van der Waals surface area contributed by atoms with Gasteiger partial charge in [-0.05, 0) is 57.4 Å². The van der Waals surface area contributed by atoms with E-state index in [4.69, 9.17) is 16.3 Å². The quantitative estimate of drug-likeness (QED) is 0.618. The van der Waals surface area contributed by atoms with E-state index in [0.717, 1.165) is 23.5 Å². The first kappa shape index (κ1) is 20.7. The van der Waals surface area contributed by atoms with Crippen LogP contribution < -0.4 is 5.32 Å². The molecule has 1 saturated carbocycles. The van der Waals surface area contributed by atoms with Gasteiger partial charge in [0.25, 0.3) is 0 Å². The fraction of sp³-hybridized carbons (Fsp3) is 0.545. The van der Waals surface area contributed by atoms with Gasteiger partial charge in [0.2, 0.25) is 0 Å². The maximum absolute atomic E-state index is 12.4. The summed E-state index contributed by atoms with van der Waals surface area (Å²) in [6, 6.07) is 7.41. The van der Waals surface area contributed by atoms with E-state index in [1.807, 2.05) is 51.2 Å². The molecule has 2 aromatic rings. The average Bonchev–Trinajstić information content (AvgIpc) is 3.11. The van der Waals surface area contributed by atoms with Gasteiger partial charge in [-0.25, -0.2) is 9.78 Å². The van der Waals surface area contributed by atoms with Crippen molar-refractivity contribution in [3.63, 3.8) is 0 Å². The molecule has 1 aromatic carbocycles. The molecule has 0 saturated heterocycles. The van der Waals surface area contributed by atoms with Crippen molar-refractivity contribution in [3.05, 3.63) is 41.2 Å². The van der Waals surface area contributed by atoms with Crippen molar-refractivity contribution in [2.75, 3.05) is 0 Å². The zero-order valence-electron chi connectivity index (χ0n) is 16.9. The summed E-state index contributed by atoms with van der Waals surface area (Å²) in [7, 11) is 0. The van der Waals surface area contributed by atoms with Crippen LogP contribution in [0.15, 0.2) is 30.5 Å². The number of aromatic amines is 1. The van der Waals surface area contributed by atoms with E-state index in [0.29, 0.717) is 10.9 Å². The number of carbonyl (C=O) groups excluding carboxylic acids is 1. The lowest BCUT2D eigenvalue weighted by Crippen LogP contribution is -2.36. The molecule has 3 rings (SSSR count). The normalized spacial score (nSPS) is 16.6. The highest BCUT2D eigenvalue weighted by molar-refractivity contribution is 6.30. The zero-order valence-corrected chi connectivity index (χ0v) is 17.7. The van der Waals surface area contributed by atoms with Crippen molar-refractivity contribution in [2.45, 2.75) is 70.9 Å². The molecule has 1 aliphatic rings. The van der Waals surface area contributed by atoms with E-state index in [1.165, 1.54) is 32.1 Å². The molecule has 1 atom stereocenters. The molecule has 1 amide bonds. The smallest absolute Gasteiger partial charge is 0.408 e. The fourth-order valence-corrected chi connectivity index (χ4v) is 3.86. The molecule has 28 heavy (non-hydrogen) atoms. The summed E-state index contributed by atoms with van der Waals surface area (Å²) in [6.45, 7) is 5.62. The summed E-state index contributed by atoms with van der Waals surface area (Å²) in [6.07, 6.45) is 8.58. The van der Waals surface area contributed by atoms with E-state index < -0.39 is 11.7 Å².